The van der Waals surface area contributed by atoms with Gasteiger partial charge in [-0.1, -0.05) is 11.6 Å². The highest BCUT2D eigenvalue weighted by Gasteiger charge is 2.04. The molecule has 0 saturated heterocycles. The maximum atomic E-state index is 9.58. The summed E-state index contributed by atoms with van der Waals surface area (Å²) in [7, 11) is 1.62. The first kappa shape index (κ1) is 14.9. The topological polar surface area (TPSA) is 50.7 Å². The average molecular weight is 280 g/mol. The van der Waals surface area contributed by atoms with Crippen molar-refractivity contribution in [1.29, 1.82) is 0 Å². The number of nitrogens with one attached hydrogen (secondary N) is 1. The molecule has 1 aromatic heterocycles. The standard InChI is InChI=1S/C11H18ClNO3S/c1-15-4-5-16-8-9(14)6-13-7-10-2-3-11(12)17-10/h2-3,9,13-14H,4-8H2,1H3. The molecule has 0 aliphatic carbocycles. The smallest absolute Gasteiger partial charge is 0.0931 e. The highest BCUT2D eigenvalue weighted by atomic mass is 35.5. The molecule has 17 heavy (non-hydrogen) atoms. The van der Waals surface area contributed by atoms with Crippen molar-refractivity contribution >= 4 is 22.9 Å². The molecule has 0 spiro atoms. The molecule has 6 heteroatoms. The van der Waals surface area contributed by atoms with E-state index in [1.54, 1.807) is 7.11 Å². The van der Waals surface area contributed by atoms with Crippen LogP contribution in [0.2, 0.25) is 4.34 Å². The largest absolute Gasteiger partial charge is 0.389 e. The predicted molar refractivity (Wildman–Crippen MR) is 69.7 cm³/mol. The first-order chi connectivity index (χ1) is 8.22. The van der Waals surface area contributed by atoms with E-state index in [-0.39, 0.29) is 0 Å². The van der Waals surface area contributed by atoms with E-state index >= 15 is 0 Å². The maximum Gasteiger partial charge on any atom is 0.0931 e. The van der Waals surface area contributed by atoms with Gasteiger partial charge in [-0.3, -0.25) is 0 Å². The summed E-state index contributed by atoms with van der Waals surface area (Å²) in [6.07, 6.45) is -0.498. The summed E-state index contributed by atoms with van der Waals surface area (Å²) in [6, 6.07) is 3.84. The SMILES string of the molecule is COCCOCC(O)CNCc1ccc(Cl)s1. The number of methoxy groups -OCH3 is 1. The molecule has 1 aromatic rings. The number of rotatable bonds is 9. The van der Waals surface area contributed by atoms with Crippen molar-refractivity contribution in [2.75, 3.05) is 33.5 Å². The van der Waals surface area contributed by atoms with Crippen LogP contribution in [0.3, 0.4) is 0 Å². The second-order valence-corrected chi connectivity index (χ2v) is 5.36. The van der Waals surface area contributed by atoms with Gasteiger partial charge in [-0.05, 0) is 12.1 Å². The van der Waals surface area contributed by atoms with Gasteiger partial charge in [0.25, 0.3) is 0 Å². The Morgan fingerprint density at radius 1 is 1.47 bits per heavy atom. The molecule has 0 bridgehead atoms. The van der Waals surface area contributed by atoms with Crippen LogP contribution in [0.25, 0.3) is 0 Å². The third-order valence-corrected chi connectivity index (χ3v) is 3.28. The lowest BCUT2D eigenvalue weighted by Crippen LogP contribution is -2.30. The van der Waals surface area contributed by atoms with Crippen LogP contribution < -0.4 is 5.32 Å². The Morgan fingerprint density at radius 3 is 2.94 bits per heavy atom. The van der Waals surface area contributed by atoms with Crippen LogP contribution in [0.4, 0.5) is 0 Å². The fraction of sp³-hybridized carbons (Fsp3) is 0.636. The van der Waals surface area contributed by atoms with E-state index in [1.165, 1.54) is 11.3 Å². The fourth-order valence-electron chi connectivity index (χ4n) is 1.23. The van der Waals surface area contributed by atoms with Gasteiger partial charge < -0.3 is 19.9 Å². The third kappa shape index (κ3) is 6.98. The molecule has 0 radical (unpaired) electrons. The van der Waals surface area contributed by atoms with Gasteiger partial charge in [0.2, 0.25) is 0 Å². The summed E-state index contributed by atoms with van der Waals surface area (Å²) >= 11 is 7.35. The number of aliphatic hydroxyl groups excluding tert-OH is 1. The van der Waals surface area contributed by atoms with Crippen LogP contribution in [0.1, 0.15) is 4.88 Å². The summed E-state index contributed by atoms with van der Waals surface area (Å²) < 4.78 is 10.8. The molecule has 0 saturated carbocycles. The monoisotopic (exact) mass is 279 g/mol. The lowest BCUT2D eigenvalue weighted by molar-refractivity contribution is 0.0137. The number of ether oxygens (including phenoxy) is 2. The first-order valence-corrected chi connectivity index (χ1v) is 6.61. The molecule has 0 amide bonds. The minimum absolute atomic E-state index is 0.321. The normalized spacial score (nSPS) is 12.9. The molecule has 1 unspecified atom stereocenters. The van der Waals surface area contributed by atoms with E-state index in [4.69, 9.17) is 21.1 Å². The highest BCUT2D eigenvalue weighted by molar-refractivity contribution is 7.16. The lowest BCUT2D eigenvalue weighted by Gasteiger charge is -2.11. The van der Waals surface area contributed by atoms with Crippen molar-refractivity contribution in [3.05, 3.63) is 21.3 Å². The Balaban J connectivity index is 2.02. The maximum absolute atomic E-state index is 9.58. The third-order valence-electron chi connectivity index (χ3n) is 2.05. The number of hydrogen-bond donors (Lipinski definition) is 2. The zero-order chi connectivity index (χ0) is 12.5. The van der Waals surface area contributed by atoms with Gasteiger partial charge in [0.15, 0.2) is 0 Å². The van der Waals surface area contributed by atoms with Crippen molar-refractivity contribution in [1.82, 2.24) is 5.32 Å². The first-order valence-electron chi connectivity index (χ1n) is 5.42. The number of hydrogen-bond acceptors (Lipinski definition) is 5. The summed E-state index contributed by atoms with van der Waals surface area (Å²) in [5.41, 5.74) is 0. The van der Waals surface area contributed by atoms with Crippen molar-refractivity contribution in [3.63, 3.8) is 0 Å². The lowest BCUT2D eigenvalue weighted by atomic mass is 10.3. The quantitative estimate of drug-likeness (QED) is 0.673. The summed E-state index contributed by atoms with van der Waals surface area (Å²) in [5.74, 6) is 0. The van der Waals surface area contributed by atoms with Crippen LogP contribution in [-0.4, -0.2) is 44.7 Å². The molecule has 0 fully saturated rings. The van der Waals surface area contributed by atoms with Gasteiger partial charge in [0.1, 0.15) is 0 Å². The van der Waals surface area contributed by atoms with Gasteiger partial charge in [-0.2, -0.15) is 0 Å². The molecule has 1 rings (SSSR count). The second-order valence-electron chi connectivity index (χ2n) is 3.56. The minimum Gasteiger partial charge on any atom is -0.389 e. The van der Waals surface area contributed by atoms with E-state index in [2.05, 4.69) is 5.32 Å². The summed E-state index contributed by atoms with van der Waals surface area (Å²) in [6.45, 7) is 2.60. The highest BCUT2D eigenvalue weighted by Crippen LogP contribution is 2.20. The molecule has 2 N–H and O–H groups in total. The van der Waals surface area contributed by atoms with Gasteiger partial charge in [-0.25, -0.2) is 0 Å². The molecule has 4 nitrogen and oxygen atoms in total. The van der Waals surface area contributed by atoms with Crippen molar-refractivity contribution < 1.29 is 14.6 Å². The van der Waals surface area contributed by atoms with Crippen molar-refractivity contribution in [2.24, 2.45) is 0 Å². The molecule has 1 atom stereocenters. The zero-order valence-corrected chi connectivity index (χ0v) is 11.4. The molecular weight excluding hydrogens is 262 g/mol. The van der Waals surface area contributed by atoms with E-state index in [0.29, 0.717) is 32.9 Å². The van der Waals surface area contributed by atoms with E-state index in [0.717, 1.165) is 9.21 Å². The van der Waals surface area contributed by atoms with Gasteiger partial charge >= 0.3 is 0 Å². The van der Waals surface area contributed by atoms with E-state index in [1.807, 2.05) is 12.1 Å². The Kier molecular flexibility index (Phi) is 7.75. The number of halogens is 1. The fourth-order valence-corrected chi connectivity index (χ4v) is 2.29. The molecule has 0 aliphatic rings. The van der Waals surface area contributed by atoms with Crippen LogP contribution in [-0.2, 0) is 16.0 Å². The van der Waals surface area contributed by atoms with Crippen LogP contribution >= 0.6 is 22.9 Å². The van der Waals surface area contributed by atoms with Crippen molar-refractivity contribution in [2.45, 2.75) is 12.6 Å². The van der Waals surface area contributed by atoms with Crippen LogP contribution in [0, 0.1) is 0 Å². The Hall–Kier alpha value is -0.170. The molecule has 1 heterocycles. The van der Waals surface area contributed by atoms with Gasteiger partial charge in [0.05, 0.1) is 30.3 Å². The molecule has 98 valence electrons. The molecular formula is C11H18ClNO3S. The predicted octanol–water partition coefficient (Wildman–Crippen LogP) is 1.52. The Labute approximate surface area is 111 Å². The Morgan fingerprint density at radius 2 is 2.29 bits per heavy atom. The van der Waals surface area contributed by atoms with E-state index in [9.17, 15) is 5.11 Å². The van der Waals surface area contributed by atoms with Crippen LogP contribution in [0.5, 0.6) is 0 Å². The van der Waals surface area contributed by atoms with Gasteiger partial charge in [-0.15, -0.1) is 11.3 Å². The summed E-state index contributed by atoms with van der Waals surface area (Å²) in [5, 5.41) is 12.7. The minimum atomic E-state index is -0.498. The van der Waals surface area contributed by atoms with Gasteiger partial charge in [0, 0.05) is 25.1 Å². The van der Waals surface area contributed by atoms with Crippen LogP contribution in [0.15, 0.2) is 12.1 Å². The zero-order valence-electron chi connectivity index (χ0n) is 9.82. The Bertz CT molecular complexity index is 309. The second kappa shape index (κ2) is 8.85. The average Bonchev–Trinajstić information content (AvgIpc) is 2.71. The van der Waals surface area contributed by atoms with Crippen molar-refractivity contribution in [3.8, 4) is 0 Å². The van der Waals surface area contributed by atoms with E-state index < -0.39 is 6.10 Å². The molecule has 0 aromatic carbocycles. The summed E-state index contributed by atoms with van der Waals surface area (Å²) in [4.78, 5) is 1.16. The molecule has 0 aliphatic heterocycles. The number of thiophene rings is 1. The number of aliphatic hydroxyl groups is 1.